The van der Waals surface area contributed by atoms with E-state index in [1.165, 1.54) is 38.4 Å². The number of ether oxygens (including phenoxy) is 1. The minimum Gasteiger partial charge on any atom is -0.469 e. The van der Waals surface area contributed by atoms with Gasteiger partial charge in [0, 0.05) is 19.7 Å². The summed E-state index contributed by atoms with van der Waals surface area (Å²) in [4.78, 5) is 21.1. The predicted molar refractivity (Wildman–Crippen MR) is 74.9 cm³/mol. The van der Waals surface area contributed by atoms with E-state index >= 15 is 0 Å². The number of nitro benzene ring substituents is 1. The predicted octanol–water partition coefficient (Wildman–Crippen LogP) is 0.746. The van der Waals surface area contributed by atoms with E-state index in [1.807, 2.05) is 0 Å². The van der Waals surface area contributed by atoms with Crippen LogP contribution in [0.5, 0.6) is 0 Å². The van der Waals surface area contributed by atoms with Gasteiger partial charge in [-0.2, -0.15) is 12.7 Å². The quantitative estimate of drug-likeness (QED) is 0.450. The first-order valence-electron chi connectivity index (χ1n) is 5.82. The zero-order valence-corrected chi connectivity index (χ0v) is 12.3. The monoisotopic (exact) mass is 317 g/mol. The van der Waals surface area contributed by atoms with Crippen LogP contribution in [0.2, 0.25) is 0 Å². The molecule has 0 atom stereocenters. The maximum atomic E-state index is 12.0. The first-order chi connectivity index (χ1) is 9.77. The normalized spacial score (nSPS) is 11.2. The number of nitro groups is 1. The van der Waals surface area contributed by atoms with Crippen LogP contribution in [-0.2, 0) is 19.7 Å². The van der Waals surface area contributed by atoms with Crippen molar-refractivity contribution in [1.82, 2.24) is 4.31 Å². The van der Waals surface area contributed by atoms with Gasteiger partial charge in [0.1, 0.15) is 5.69 Å². The lowest BCUT2D eigenvalue weighted by molar-refractivity contribution is -0.383. The summed E-state index contributed by atoms with van der Waals surface area (Å²) in [5.74, 6) is -0.553. The third-order valence-electron chi connectivity index (χ3n) is 2.61. The summed E-state index contributed by atoms with van der Waals surface area (Å²) in [6, 6.07) is 5.37. The molecular weight excluding hydrogens is 302 g/mol. The van der Waals surface area contributed by atoms with E-state index in [4.69, 9.17) is 0 Å². The molecule has 0 aliphatic carbocycles. The standard InChI is InChI=1S/C11H15N3O6S/c1-13(8-7-11(15)20-2)21(18,19)12-9-5-3-4-6-10(9)14(16)17/h3-6,12H,7-8H2,1-2H3. The van der Waals surface area contributed by atoms with Crippen molar-refractivity contribution in [3.05, 3.63) is 34.4 Å². The molecule has 116 valence electrons. The molecule has 0 amide bonds. The van der Waals surface area contributed by atoms with Gasteiger partial charge in [-0.3, -0.25) is 19.6 Å². The Morgan fingerprint density at radius 2 is 2.05 bits per heavy atom. The van der Waals surface area contributed by atoms with E-state index in [-0.39, 0.29) is 24.3 Å². The lowest BCUT2D eigenvalue weighted by Crippen LogP contribution is -2.34. The lowest BCUT2D eigenvalue weighted by Gasteiger charge is -2.17. The number of hydrogen-bond acceptors (Lipinski definition) is 6. The topological polar surface area (TPSA) is 119 Å². The molecular formula is C11H15N3O6S. The molecule has 0 saturated heterocycles. The molecule has 1 rings (SSSR count). The Kier molecular flexibility index (Phi) is 5.61. The number of benzene rings is 1. The maximum absolute atomic E-state index is 12.0. The zero-order valence-electron chi connectivity index (χ0n) is 11.5. The Hall–Kier alpha value is -2.20. The maximum Gasteiger partial charge on any atom is 0.306 e. The average Bonchev–Trinajstić information content (AvgIpc) is 2.44. The number of methoxy groups -OCH3 is 1. The fraction of sp³-hybridized carbons (Fsp3) is 0.364. The van der Waals surface area contributed by atoms with Gasteiger partial charge in [0.05, 0.1) is 18.5 Å². The van der Waals surface area contributed by atoms with E-state index in [0.717, 1.165) is 4.31 Å². The van der Waals surface area contributed by atoms with Crippen LogP contribution in [0, 0.1) is 10.1 Å². The smallest absolute Gasteiger partial charge is 0.306 e. The van der Waals surface area contributed by atoms with Gasteiger partial charge < -0.3 is 4.74 Å². The molecule has 0 aliphatic rings. The Morgan fingerprint density at radius 3 is 2.62 bits per heavy atom. The van der Waals surface area contributed by atoms with Crippen molar-refractivity contribution < 1.29 is 22.9 Å². The van der Waals surface area contributed by atoms with E-state index in [0.29, 0.717) is 0 Å². The van der Waals surface area contributed by atoms with Gasteiger partial charge in [0.25, 0.3) is 5.69 Å². The van der Waals surface area contributed by atoms with E-state index in [1.54, 1.807) is 0 Å². The summed E-state index contributed by atoms with van der Waals surface area (Å²) < 4.78 is 31.4. The van der Waals surface area contributed by atoms with E-state index in [9.17, 15) is 23.3 Å². The van der Waals surface area contributed by atoms with E-state index < -0.39 is 21.1 Å². The van der Waals surface area contributed by atoms with Crippen LogP contribution in [0.25, 0.3) is 0 Å². The third-order valence-corrected chi connectivity index (χ3v) is 4.09. The van der Waals surface area contributed by atoms with Gasteiger partial charge in [-0.05, 0) is 6.07 Å². The van der Waals surface area contributed by atoms with Crippen LogP contribution in [-0.4, -0.2) is 44.3 Å². The largest absolute Gasteiger partial charge is 0.469 e. The molecule has 0 unspecified atom stereocenters. The first-order valence-corrected chi connectivity index (χ1v) is 7.26. The Morgan fingerprint density at radius 1 is 1.43 bits per heavy atom. The lowest BCUT2D eigenvalue weighted by atomic mass is 10.3. The first kappa shape index (κ1) is 16.9. The highest BCUT2D eigenvalue weighted by molar-refractivity contribution is 7.90. The van der Waals surface area contributed by atoms with Crippen LogP contribution in [0.3, 0.4) is 0 Å². The molecule has 10 heteroatoms. The van der Waals surface area contributed by atoms with Crippen molar-refractivity contribution in [2.75, 3.05) is 25.4 Å². The number of carbonyl (C=O) groups excluding carboxylic acids is 1. The molecule has 0 spiro atoms. The highest BCUT2D eigenvalue weighted by Gasteiger charge is 2.22. The summed E-state index contributed by atoms with van der Waals surface area (Å²) in [5, 5.41) is 10.8. The van der Waals surface area contributed by atoms with Crippen LogP contribution in [0.15, 0.2) is 24.3 Å². The van der Waals surface area contributed by atoms with Crippen molar-refractivity contribution in [2.24, 2.45) is 0 Å². The fourth-order valence-corrected chi connectivity index (χ4v) is 2.34. The average molecular weight is 317 g/mol. The number of anilines is 1. The molecule has 0 heterocycles. The molecule has 1 N–H and O–H groups in total. The molecule has 21 heavy (non-hydrogen) atoms. The zero-order chi connectivity index (χ0) is 16.0. The molecule has 1 aromatic carbocycles. The third kappa shape index (κ3) is 4.68. The molecule has 1 aromatic rings. The minimum absolute atomic E-state index is 0.108. The molecule has 0 fully saturated rings. The van der Waals surface area contributed by atoms with Crippen molar-refractivity contribution >= 4 is 27.6 Å². The highest BCUT2D eigenvalue weighted by atomic mass is 32.2. The second kappa shape index (κ2) is 6.99. The summed E-state index contributed by atoms with van der Waals surface area (Å²) in [5.41, 5.74) is -0.505. The van der Waals surface area contributed by atoms with Crippen LogP contribution < -0.4 is 4.72 Å². The number of hydrogen-bond donors (Lipinski definition) is 1. The minimum atomic E-state index is -4.00. The van der Waals surface area contributed by atoms with Gasteiger partial charge in [0.15, 0.2) is 0 Å². The van der Waals surface area contributed by atoms with Gasteiger partial charge in [0.2, 0.25) is 0 Å². The number of nitrogens with one attached hydrogen (secondary N) is 1. The van der Waals surface area contributed by atoms with Crippen molar-refractivity contribution in [1.29, 1.82) is 0 Å². The van der Waals surface area contributed by atoms with Crippen molar-refractivity contribution in [2.45, 2.75) is 6.42 Å². The molecule has 0 saturated carbocycles. The summed E-state index contributed by atoms with van der Waals surface area (Å²) in [7, 11) is -1.56. The molecule has 0 aromatic heterocycles. The SMILES string of the molecule is COC(=O)CCN(C)S(=O)(=O)Nc1ccccc1[N+](=O)[O-]. The van der Waals surface area contributed by atoms with Crippen molar-refractivity contribution in [3.63, 3.8) is 0 Å². The number of carbonyl (C=O) groups is 1. The highest BCUT2D eigenvalue weighted by Crippen LogP contribution is 2.24. The number of rotatable bonds is 7. The van der Waals surface area contributed by atoms with Gasteiger partial charge in [-0.1, -0.05) is 12.1 Å². The van der Waals surface area contributed by atoms with Crippen LogP contribution in [0.1, 0.15) is 6.42 Å². The van der Waals surface area contributed by atoms with Gasteiger partial charge in [-0.15, -0.1) is 0 Å². The fourth-order valence-electron chi connectivity index (χ4n) is 1.41. The van der Waals surface area contributed by atoms with Gasteiger partial charge >= 0.3 is 16.2 Å². The summed E-state index contributed by atoms with van der Waals surface area (Å²) in [6.45, 7) is -0.108. The van der Waals surface area contributed by atoms with Crippen molar-refractivity contribution in [3.8, 4) is 0 Å². The van der Waals surface area contributed by atoms with Crippen LogP contribution in [0.4, 0.5) is 11.4 Å². The van der Waals surface area contributed by atoms with Gasteiger partial charge in [-0.25, -0.2) is 0 Å². The summed E-state index contributed by atoms with van der Waals surface area (Å²) in [6.07, 6.45) is -0.120. The molecule has 9 nitrogen and oxygen atoms in total. The Bertz CT molecular complexity index is 631. The number of nitrogens with zero attached hydrogens (tertiary/aromatic N) is 2. The number of esters is 1. The second-order valence-electron chi connectivity index (χ2n) is 4.03. The Balaban J connectivity index is 2.85. The summed E-state index contributed by atoms with van der Waals surface area (Å²) >= 11 is 0. The second-order valence-corrected chi connectivity index (χ2v) is 5.81. The molecule has 0 bridgehead atoms. The molecule has 0 radical (unpaired) electrons. The molecule has 0 aliphatic heterocycles. The number of para-hydroxylation sites is 2. The van der Waals surface area contributed by atoms with E-state index in [2.05, 4.69) is 9.46 Å². The van der Waals surface area contributed by atoms with Crippen LogP contribution >= 0.6 is 0 Å². The Labute approximate surface area is 121 Å².